The topological polar surface area (TPSA) is 108 Å². The fourth-order valence-corrected chi connectivity index (χ4v) is 1.61. The van der Waals surface area contributed by atoms with Crippen LogP contribution in [0.4, 0.5) is 4.39 Å². The number of H-pyrrole nitrogens is 1. The lowest BCUT2D eigenvalue weighted by atomic mass is 10.1. The highest BCUT2D eigenvalue weighted by Gasteiger charge is 2.23. The van der Waals surface area contributed by atoms with Gasteiger partial charge in [-0.05, 0) is 6.07 Å². The van der Waals surface area contributed by atoms with E-state index in [2.05, 4.69) is 20.3 Å². The molecular formula is C12H11FN4O3. The summed E-state index contributed by atoms with van der Waals surface area (Å²) in [5.74, 6) is -2.84. The number of carbonyl (C=O) groups is 2. The van der Waals surface area contributed by atoms with Crippen molar-refractivity contribution in [3.8, 4) is 0 Å². The van der Waals surface area contributed by atoms with Crippen LogP contribution in [0.25, 0.3) is 0 Å². The van der Waals surface area contributed by atoms with Crippen LogP contribution >= 0.6 is 0 Å². The van der Waals surface area contributed by atoms with Crippen LogP contribution in [0.5, 0.6) is 0 Å². The second-order valence-electron chi connectivity index (χ2n) is 4.00. The number of hydrogen-bond donors (Lipinski definition) is 3. The fraction of sp³-hybridized carbons (Fsp3) is 0.167. The highest BCUT2D eigenvalue weighted by molar-refractivity contribution is 5.96. The molecule has 7 nitrogen and oxygen atoms in total. The number of carboxylic acid groups (broad SMARTS) is 1. The summed E-state index contributed by atoms with van der Waals surface area (Å²) < 4.78 is 13.4. The van der Waals surface area contributed by atoms with Crippen molar-refractivity contribution < 1.29 is 19.1 Å². The van der Waals surface area contributed by atoms with E-state index >= 15 is 0 Å². The molecular weight excluding hydrogens is 267 g/mol. The molecule has 0 aliphatic heterocycles. The van der Waals surface area contributed by atoms with Crippen LogP contribution in [0.2, 0.25) is 0 Å². The van der Waals surface area contributed by atoms with Gasteiger partial charge in [-0.15, -0.1) is 0 Å². The Kier molecular flexibility index (Phi) is 4.04. The first-order valence-corrected chi connectivity index (χ1v) is 5.68. The number of aliphatic carboxylic acids is 1. The van der Waals surface area contributed by atoms with E-state index in [0.29, 0.717) is 5.69 Å². The average molecular weight is 278 g/mol. The lowest BCUT2D eigenvalue weighted by Crippen LogP contribution is -2.42. The van der Waals surface area contributed by atoms with Crippen molar-refractivity contribution in [3.05, 3.63) is 48.1 Å². The summed E-state index contributed by atoms with van der Waals surface area (Å²) in [6.07, 6.45) is 5.02. The van der Waals surface area contributed by atoms with Crippen LogP contribution in [0.1, 0.15) is 16.1 Å². The highest BCUT2D eigenvalue weighted by atomic mass is 19.1. The summed E-state index contributed by atoms with van der Waals surface area (Å²) in [5.41, 5.74) is 0.295. The first-order chi connectivity index (χ1) is 9.58. The Morgan fingerprint density at radius 2 is 2.20 bits per heavy atom. The van der Waals surface area contributed by atoms with Gasteiger partial charge in [0.05, 0.1) is 18.1 Å². The Hall–Kier alpha value is -2.77. The number of rotatable bonds is 5. The van der Waals surface area contributed by atoms with Crippen LogP contribution in [0, 0.1) is 5.82 Å². The molecule has 2 aromatic heterocycles. The van der Waals surface area contributed by atoms with Crippen molar-refractivity contribution in [2.24, 2.45) is 0 Å². The summed E-state index contributed by atoms with van der Waals surface area (Å²) in [6, 6.07) is -0.00438. The summed E-state index contributed by atoms with van der Waals surface area (Å²) in [4.78, 5) is 33.0. The maximum absolute atomic E-state index is 13.4. The molecule has 2 aromatic rings. The molecule has 1 atom stereocenters. The Bertz CT molecular complexity index is 615. The Morgan fingerprint density at radius 1 is 1.40 bits per heavy atom. The zero-order valence-corrected chi connectivity index (χ0v) is 10.2. The molecule has 3 N–H and O–H groups in total. The first-order valence-electron chi connectivity index (χ1n) is 5.68. The van der Waals surface area contributed by atoms with Crippen molar-refractivity contribution in [1.82, 2.24) is 20.3 Å². The SMILES string of the molecule is O=C(N[C@@H](Cc1cnc[nH]1)C(=O)O)c1ccncc1F. The number of imidazole rings is 1. The number of nitrogens with zero attached hydrogens (tertiary/aromatic N) is 2. The number of carboxylic acids is 1. The molecule has 0 bridgehead atoms. The molecule has 0 radical (unpaired) electrons. The third-order valence-electron chi connectivity index (χ3n) is 2.60. The number of aromatic nitrogens is 3. The summed E-state index contributed by atoms with van der Waals surface area (Å²) in [6.45, 7) is 0. The molecule has 20 heavy (non-hydrogen) atoms. The standard InChI is InChI=1S/C12H11FN4O3/c13-9-5-14-2-1-8(9)11(18)17-10(12(19)20)3-7-4-15-6-16-7/h1-2,4-6,10H,3H2,(H,15,16)(H,17,18)(H,19,20)/t10-/m0/s1. The fourth-order valence-electron chi connectivity index (χ4n) is 1.61. The van der Waals surface area contributed by atoms with Crippen molar-refractivity contribution in [2.75, 3.05) is 0 Å². The minimum absolute atomic E-state index is 0.0216. The second kappa shape index (κ2) is 5.91. The summed E-state index contributed by atoms with van der Waals surface area (Å²) in [5, 5.41) is 11.3. The van der Waals surface area contributed by atoms with E-state index in [4.69, 9.17) is 5.11 Å². The molecule has 2 rings (SSSR count). The molecule has 0 unspecified atom stereocenters. The normalized spacial score (nSPS) is 11.8. The number of pyridine rings is 1. The van der Waals surface area contributed by atoms with Gasteiger partial charge in [-0.2, -0.15) is 0 Å². The maximum Gasteiger partial charge on any atom is 0.326 e. The van der Waals surface area contributed by atoms with Gasteiger partial charge < -0.3 is 15.4 Å². The molecule has 0 saturated carbocycles. The lowest BCUT2D eigenvalue weighted by Gasteiger charge is -2.13. The zero-order valence-electron chi connectivity index (χ0n) is 10.2. The number of aromatic amines is 1. The number of hydrogen-bond acceptors (Lipinski definition) is 4. The highest BCUT2D eigenvalue weighted by Crippen LogP contribution is 2.06. The van der Waals surface area contributed by atoms with Gasteiger partial charge in [0.25, 0.3) is 5.91 Å². The van der Waals surface area contributed by atoms with Crippen LogP contribution in [-0.4, -0.2) is 38.0 Å². The first kappa shape index (κ1) is 13.7. The third-order valence-corrected chi connectivity index (χ3v) is 2.60. The van der Waals surface area contributed by atoms with Gasteiger partial charge in [-0.3, -0.25) is 9.78 Å². The Balaban J connectivity index is 2.10. The minimum atomic E-state index is -1.22. The monoisotopic (exact) mass is 278 g/mol. The second-order valence-corrected chi connectivity index (χ2v) is 4.00. The maximum atomic E-state index is 13.4. The predicted octanol–water partition coefficient (Wildman–Crippen LogP) is 0.369. The van der Waals surface area contributed by atoms with Gasteiger partial charge in [0.2, 0.25) is 0 Å². The van der Waals surface area contributed by atoms with E-state index in [1.807, 2.05) is 0 Å². The van der Waals surface area contributed by atoms with E-state index in [-0.39, 0.29) is 12.0 Å². The number of amides is 1. The molecule has 0 aromatic carbocycles. The minimum Gasteiger partial charge on any atom is -0.480 e. The van der Waals surface area contributed by atoms with E-state index in [1.54, 1.807) is 0 Å². The Labute approximate surface area is 112 Å². The number of halogens is 1. The van der Waals surface area contributed by atoms with Crippen LogP contribution in [0.15, 0.2) is 31.0 Å². The van der Waals surface area contributed by atoms with E-state index in [9.17, 15) is 14.0 Å². The molecule has 0 aliphatic carbocycles. The van der Waals surface area contributed by atoms with Gasteiger partial charge >= 0.3 is 5.97 Å². The van der Waals surface area contributed by atoms with Crippen molar-refractivity contribution in [1.29, 1.82) is 0 Å². The van der Waals surface area contributed by atoms with Gasteiger partial charge in [0, 0.05) is 24.5 Å². The molecule has 0 aliphatic rings. The molecule has 104 valence electrons. The van der Waals surface area contributed by atoms with E-state index in [0.717, 1.165) is 6.20 Å². The molecule has 0 fully saturated rings. The van der Waals surface area contributed by atoms with Crippen LogP contribution < -0.4 is 5.32 Å². The van der Waals surface area contributed by atoms with Crippen molar-refractivity contribution in [3.63, 3.8) is 0 Å². The quantitative estimate of drug-likeness (QED) is 0.732. The Morgan fingerprint density at radius 3 is 2.80 bits per heavy atom. The average Bonchev–Trinajstić information content (AvgIpc) is 2.91. The van der Waals surface area contributed by atoms with Gasteiger partial charge in [-0.1, -0.05) is 0 Å². The molecule has 0 spiro atoms. The predicted molar refractivity (Wildman–Crippen MR) is 65.4 cm³/mol. The van der Waals surface area contributed by atoms with E-state index in [1.165, 1.54) is 24.8 Å². The van der Waals surface area contributed by atoms with Gasteiger partial charge in [0.1, 0.15) is 6.04 Å². The van der Waals surface area contributed by atoms with Gasteiger partial charge in [-0.25, -0.2) is 14.2 Å². The molecule has 2 heterocycles. The number of nitrogens with one attached hydrogen (secondary N) is 2. The largest absolute Gasteiger partial charge is 0.480 e. The number of carbonyl (C=O) groups excluding carboxylic acids is 1. The summed E-state index contributed by atoms with van der Waals surface area (Å²) >= 11 is 0. The third kappa shape index (κ3) is 3.16. The smallest absolute Gasteiger partial charge is 0.326 e. The zero-order chi connectivity index (χ0) is 14.5. The lowest BCUT2D eigenvalue weighted by molar-refractivity contribution is -0.139. The molecule has 1 amide bonds. The molecule has 8 heteroatoms. The van der Waals surface area contributed by atoms with Crippen molar-refractivity contribution >= 4 is 11.9 Å². The summed E-state index contributed by atoms with van der Waals surface area (Å²) in [7, 11) is 0. The van der Waals surface area contributed by atoms with Gasteiger partial charge in [0.15, 0.2) is 5.82 Å². The van der Waals surface area contributed by atoms with Crippen LogP contribution in [-0.2, 0) is 11.2 Å². The molecule has 0 saturated heterocycles. The van der Waals surface area contributed by atoms with E-state index < -0.39 is 23.7 Å². The van der Waals surface area contributed by atoms with Crippen LogP contribution in [0.3, 0.4) is 0 Å². The van der Waals surface area contributed by atoms with Crippen molar-refractivity contribution in [2.45, 2.75) is 12.5 Å².